The smallest absolute Gasteiger partial charge is 0.222 e. The molecular weight excluding hydrogens is 172 g/mol. The van der Waals surface area contributed by atoms with Crippen LogP contribution in [0.4, 0.5) is 0 Å². The number of aliphatic hydroxyl groups excluding tert-OH is 1. The van der Waals surface area contributed by atoms with Crippen molar-refractivity contribution in [1.29, 1.82) is 0 Å². The Morgan fingerprint density at radius 3 is 2.38 bits per heavy atom. The van der Waals surface area contributed by atoms with Crippen LogP contribution in [0, 0.1) is 0 Å². The standard InChI is InChI=1S/C9H12O4/c1-12-9(6-10)13-8-4-2-7(11)3-5-8/h2-5,9-11H,6H2,1H3. The van der Waals surface area contributed by atoms with E-state index in [1.807, 2.05) is 0 Å². The summed E-state index contributed by atoms with van der Waals surface area (Å²) >= 11 is 0. The number of hydrogen-bond acceptors (Lipinski definition) is 4. The van der Waals surface area contributed by atoms with Gasteiger partial charge >= 0.3 is 0 Å². The van der Waals surface area contributed by atoms with Crippen LogP contribution >= 0.6 is 0 Å². The highest BCUT2D eigenvalue weighted by molar-refractivity contribution is 5.30. The summed E-state index contributed by atoms with van der Waals surface area (Å²) in [5.41, 5.74) is 0. The Morgan fingerprint density at radius 1 is 1.31 bits per heavy atom. The average molecular weight is 184 g/mol. The van der Waals surface area contributed by atoms with E-state index in [0.717, 1.165) is 0 Å². The molecule has 0 spiro atoms. The maximum Gasteiger partial charge on any atom is 0.222 e. The van der Waals surface area contributed by atoms with Crippen molar-refractivity contribution in [3.05, 3.63) is 24.3 Å². The van der Waals surface area contributed by atoms with Gasteiger partial charge in [0.05, 0.1) is 0 Å². The first-order valence-electron chi connectivity index (χ1n) is 3.85. The number of ether oxygens (including phenoxy) is 2. The number of rotatable bonds is 4. The van der Waals surface area contributed by atoms with Gasteiger partial charge in [0, 0.05) is 7.11 Å². The van der Waals surface area contributed by atoms with Crippen LogP contribution in [0.1, 0.15) is 0 Å². The van der Waals surface area contributed by atoms with E-state index in [2.05, 4.69) is 0 Å². The largest absolute Gasteiger partial charge is 0.508 e. The van der Waals surface area contributed by atoms with Crippen LogP contribution in [0.15, 0.2) is 24.3 Å². The molecule has 0 heterocycles. The molecule has 1 aromatic carbocycles. The summed E-state index contributed by atoms with van der Waals surface area (Å²) in [6, 6.07) is 6.19. The highest BCUT2D eigenvalue weighted by atomic mass is 16.7. The summed E-state index contributed by atoms with van der Waals surface area (Å²) in [7, 11) is 1.45. The number of hydrogen-bond donors (Lipinski definition) is 2. The van der Waals surface area contributed by atoms with Crippen molar-refractivity contribution in [3.8, 4) is 11.5 Å². The molecule has 4 heteroatoms. The second kappa shape index (κ2) is 4.69. The van der Waals surface area contributed by atoms with Gasteiger partial charge < -0.3 is 19.7 Å². The highest BCUT2D eigenvalue weighted by Gasteiger charge is 2.05. The summed E-state index contributed by atoms with van der Waals surface area (Å²) in [5, 5.41) is 17.7. The summed E-state index contributed by atoms with van der Waals surface area (Å²) in [4.78, 5) is 0. The molecule has 13 heavy (non-hydrogen) atoms. The molecule has 0 bridgehead atoms. The molecule has 0 aliphatic heterocycles. The van der Waals surface area contributed by atoms with Crippen molar-refractivity contribution in [1.82, 2.24) is 0 Å². The predicted octanol–water partition coefficient (Wildman–Crippen LogP) is 0.736. The molecule has 0 fully saturated rings. The van der Waals surface area contributed by atoms with E-state index in [4.69, 9.17) is 19.7 Å². The maximum atomic E-state index is 8.97. The minimum absolute atomic E-state index is 0.172. The molecule has 1 atom stereocenters. The molecule has 72 valence electrons. The monoisotopic (exact) mass is 184 g/mol. The summed E-state index contributed by atoms with van der Waals surface area (Å²) < 4.78 is 9.98. The van der Waals surface area contributed by atoms with E-state index in [1.54, 1.807) is 12.1 Å². The van der Waals surface area contributed by atoms with E-state index < -0.39 is 6.29 Å². The van der Waals surface area contributed by atoms with Gasteiger partial charge in [-0.25, -0.2) is 0 Å². The van der Waals surface area contributed by atoms with Crippen molar-refractivity contribution in [3.63, 3.8) is 0 Å². The SMILES string of the molecule is COC(CO)Oc1ccc(O)cc1. The van der Waals surface area contributed by atoms with Gasteiger partial charge in [0.25, 0.3) is 0 Å². The van der Waals surface area contributed by atoms with E-state index in [9.17, 15) is 0 Å². The predicted molar refractivity (Wildman–Crippen MR) is 46.6 cm³/mol. The normalized spacial score (nSPS) is 12.5. The Labute approximate surface area is 76.3 Å². The van der Waals surface area contributed by atoms with E-state index in [0.29, 0.717) is 5.75 Å². The van der Waals surface area contributed by atoms with Gasteiger partial charge in [0.1, 0.15) is 18.1 Å². The third-order valence-electron chi connectivity index (χ3n) is 1.52. The molecule has 1 rings (SSSR count). The zero-order valence-corrected chi connectivity index (χ0v) is 7.30. The Morgan fingerprint density at radius 2 is 1.92 bits per heavy atom. The van der Waals surface area contributed by atoms with Crippen LogP contribution in [0.5, 0.6) is 11.5 Å². The fourth-order valence-electron chi connectivity index (χ4n) is 0.836. The average Bonchev–Trinajstić information content (AvgIpc) is 2.17. The van der Waals surface area contributed by atoms with Gasteiger partial charge in [-0.1, -0.05) is 0 Å². The first-order valence-corrected chi connectivity index (χ1v) is 3.85. The molecular formula is C9H12O4. The third-order valence-corrected chi connectivity index (χ3v) is 1.52. The Kier molecular flexibility index (Phi) is 3.54. The van der Waals surface area contributed by atoms with Gasteiger partial charge in [-0.05, 0) is 24.3 Å². The molecule has 0 saturated heterocycles. The number of phenolic OH excluding ortho intramolecular Hbond substituents is 1. The summed E-state index contributed by atoms with van der Waals surface area (Å²) in [5.74, 6) is 0.712. The zero-order chi connectivity index (χ0) is 9.68. The molecule has 1 aromatic rings. The van der Waals surface area contributed by atoms with E-state index in [-0.39, 0.29) is 12.4 Å². The van der Waals surface area contributed by atoms with Crippen molar-refractivity contribution in [2.24, 2.45) is 0 Å². The molecule has 0 aliphatic rings. The van der Waals surface area contributed by atoms with Crippen LogP contribution in [0.2, 0.25) is 0 Å². The number of aliphatic hydroxyl groups is 1. The molecule has 0 saturated carbocycles. The van der Waals surface area contributed by atoms with Crippen LogP contribution < -0.4 is 4.74 Å². The lowest BCUT2D eigenvalue weighted by Crippen LogP contribution is -2.22. The van der Waals surface area contributed by atoms with Crippen molar-refractivity contribution in [2.75, 3.05) is 13.7 Å². The molecule has 0 aliphatic carbocycles. The van der Waals surface area contributed by atoms with Crippen molar-refractivity contribution < 1.29 is 19.7 Å². The maximum absolute atomic E-state index is 8.97. The van der Waals surface area contributed by atoms with Gasteiger partial charge in [0.2, 0.25) is 6.29 Å². The number of phenols is 1. The minimum atomic E-state index is -0.662. The lowest BCUT2D eigenvalue weighted by atomic mass is 10.3. The first kappa shape index (κ1) is 9.83. The molecule has 1 unspecified atom stereocenters. The van der Waals surface area contributed by atoms with Crippen LogP contribution in [-0.4, -0.2) is 30.2 Å². The quantitative estimate of drug-likeness (QED) is 0.677. The molecule has 0 amide bonds. The summed E-state index contributed by atoms with van der Waals surface area (Å²) in [6.07, 6.45) is -0.662. The van der Waals surface area contributed by atoms with Crippen LogP contribution in [-0.2, 0) is 4.74 Å². The second-order valence-corrected chi connectivity index (χ2v) is 2.46. The Bertz CT molecular complexity index is 240. The van der Waals surface area contributed by atoms with Gasteiger partial charge in [-0.2, -0.15) is 0 Å². The third kappa shape index (κ3) is 2.93. The number of benzene rings is 1. The van der Waals surface area contributed by atoms with Crippen LogP contribution in [0.25, 0.3) is 0 Å². The van der Waals surface area contributed by atoms with Crippen LogP contribution in [0.3, 0.4) is 0 Å². The molecule has 4 nitrogen and oxygen atoms in total. The van der Waals surface area contributed by atoms with Gasteiger partial charge in [-0.3, -0.25) is 0 Å². The van der Waals surface area contributed by atoms with Crippen molar-refractivity contribution in [2.45, 2.75) is 6.29 Å². The Balaban J connectivity index is 2.58. The fraction of sp³-hybridized carbons (Fsp3) is 0.333. The van der Waals surface area contributed by atoms with Gasteiger partial charge in [-0.15, -0.1) is 0 Å². The zero-order valence-electron chi connectivity index (χ0n) is 7.30. The summed E-state index contributed by atoms with van der Waals surface area (Å²) in [6.45, 7) is -0.211. The molecule has 0 aromatic heterocycles. The minimum Gasteiger partial charge on any atom is -0.508 e. The number of aromatic hydroxyl groups is 1. The van der Waals surface area contributed by atoms with Gasteiger partial charge in [0.15, 0.2) is 0 Å². The first-order chi connectivity index (χ1) is 6.26. The number of methoxy groups -OCH3 is 1. The highest BCUT2D eigenvalue weighted by Crippen LogP contribution is 2.17. The lowest BCUT2D eigenvalue weighted by Gasteiger charge is -2.14. The van der Waals surface area contributed by atoms with Crippen molar-refractivity contribution >= 4 is 0 Å². The fourth-order valence-corrected chi connectivity index (χ4v) is 0.836. The lowest BCUT2D eigenvalue weighted by molar-refractivity contribution is -0.0841. The Hall–Kier alpha value is -1.26. The van der Waals surface area contributed by atoms with E-state index >= 15 is 0 Å². The molecule has 2 N–H and O–H groups in total. The second-order valence-electron chi connectivity index (χ2n) is 2.46. The van der Waals surface area contributed by atoms with E-state index in [1.165, 1.54) is 19.2 Å². The molecule has 0 radical (unpaired) electrons. The topological polar surface area (TPSA) is 58.9 Å².